The summed E-state index contributed by atoms with van der Waals surface area (Å²) in [5, 5.41) is 8.79. The number of aryl methyl sites for hydroxylation is 1. The zero-order valence-electron chi connectivity index (χ0n) is 18.5. The molecule has 0 aliphatic carbocycles. The average Bonchev–Trinajstić information content (AvgIpc) is 3.17. The first-order chi connectivity index (χ1) is 16.0. The standard InChI is InChI=1S/C24H26N4O3S2/c1-16-3-2-4-19(13-16)25-23-26-28(24(32)33-23)15-27-9-7-17(8-10-27)22(29)18-5-6-20-21(14-18)31-12-11-30-20/h2-6,13-14,17H,7-12,15H2,1H3,(H,25,26). The van der Waals surface area contributed by atoms with Gasteiger partial charge in [-0.15, -0.1) is 5.10 Å². The van der Waals surface area contributed by atoms with Gasteiger partial charge in [-0.25, -0.2) is 4.68 Å². The fourth-order valence-electron chi connectivity index (χ4n) is 4.25. The molecule has 1 N–H and O–H groups in total. The van der Waals surface area contributed by atoms with Gasteiger partial charge in [-0.2, -0.15) is 0 Å². The number of Topliss-reactive ketones (excluding diaryl/α,β-unsaturated/α-hetero) is 1. The number of nitrogens with one attached hydrogen (secondary N) is 1. The zero-order valence-corrected chi connectivity index (χ0v) is 20.1. The third kappa shape index (κ3) is 5.10. The molecule has 0 spiro atoms. The lowest BCUT2D eigenvalue weighted by atomic mass is 9.89. The smallest absolute Gasteiger partial charge is 0.209 e. The van der Waals surface area contributed by atoms with E-state index in [4.69, 9.17) is 21.7 Å². The molecule has 5 rings (SSSR count). The van der Waals surface area contributed by atoms with Crippen LogP contribution in [0.25, 0.3) is 0 Å². The maximum absolute atomic E-state index is 13.0. The molecular formula is C24H26N4O3S2. The summed E-state index contributed by atoms with van der Waals surface area (Å²) in [6.07, 6.45) is 1.64. The Morgan fingerprint density at radius 3 is 2.73 bits per heavy atom. The van der Waals surface area contributed by atoms with Crippen LogP contribution in [0.3, 0.4) is 0 Å². The van der Waals surface area contributed by atoms with E-state index in [1.165, 1.54) is 16.9 Å². The normalized spacial score (nSPS) is 16.5. The van der Waals surface area contributed by atoms with E-state index in [0.717, 1.165) is 40.7 Å². The first kappa shape index (κ1) is 22.1. The minimum atomic E-state index is 0.0192. The summed E-state index contributed by atoms with van der Waals surface area (Å²) in [6.45, 7) is 5.43. The first-order valence-corrected chi connectivity index (χ1v) is 12.4. The molecule has 2 aliphatic rings. The highest BCUT2D eigenvalue weighted by Gasteiger charge is 2.27. The number of hydrogen-bond donors (Lipinski definition) is 1. The van der Waals surface area contributed by atoms with Gasteiger partial charge in [-0.1, -0.05) is 23.5 Å². The summed E-state index contributed by atoms with van der Waals surface area (Å²) in [5.41, 5.74) is 2.90. The van der Waals surface area contributed by atoms with Crippen LogP contribution >= 0.6 is 23.6 Å². The molecule has 0 atom stereocenters. The number of rotatable bonds is 6. The maximum Gasteiger partial charge on any atom is 0.209 e. The third-order valence-corrected chi connectivity index (χ3v) is 7.22. The Labute approximate surface area is 201 Å². The minimum Gasteiger partial charge on any atom is -0.486 e. The Bertz CT molecular complexity index is 1210. The summed E-state index contributed by atoms with van der Waals surface area (Å²) in [5.74, 6) is 1.58. The van der Waals surface area contributed by atoms with E-state index in [1.807, 2.05) is 35.0 Å². The molecule has 7 nitrogen and oxygen atoms in total. The van der Waals surface area contributed by atoms with Gasteiger partial charge < -0.3 is 14.8 Å². The lowest BCUT2D eigenvalue weighted by Gasteiger charge is -2.31. The van der Waals surface area contributed by atoms with Gasteiger partial charge in [0.05, 0.1) is 6.67 Å². The van der Waals surface area contributed by atoms with Crippen LogP contribution < -0.4 is 14.8 Å². The monoisotopic (exact) mass is 482 g/mol. The van der Waals surface area contributed by atoms with Crippen molar-refractivity contribution < 1.29 is 14.3 Å². The molecule has 0 radical (unpaired) electrons. The fourth-order valence-corrected chi connectivity index (χ4v) is 5.26. The van der Waals surface area contributed by atoms with Crippen molar-refractivity contribution in [3.63, 3.8) is 0 Å². The number of piperidine rings is 1. The molecule has 1 fully saturated rings. The van der Waals surface area contributed by atoms with Crippen molar-refractivity contribution >= 4 is 40.2 Å². The SMILES string of the molecule is Cc1cccc(Nc2nn(CN3CCC(C(=O)c4ccc5c(c4)OCCO5)CC3)c(=S)s2)c1. The second-order valence-electron chi connectivity index (χ2n) is 8.42. The number of hydrogen-bond acceptors (Lipinski definition) is 8. The molecule has 0 unspecified atom stereocenters. The summed E-state index contributed by atoms with van der Waals surface area (Å²) >= 11 is 7.01. The molecule has 2 aromatic carbocycles. The highest BCUT2D eigenvalue weighted by Crippen LogP contribution is 2.32. The van der Waals surface area contributed by atoms with Crippen molar-refractivity contribution in [2.45, 2.75) is 26.4 Å². The summed E-state index contributed by atoms with van der Waals surface area (Å²) in [6, 6.07) is 13.7. The molecule has 0 amide bonds. The molecule has 1 saturated heterocycles. The highest BCUT2D eigenvalue weighted by atomic mass is 32.1. The first-order valence-electron chi connectivity index (χ1n) is 11.1. The summed E-state index contributed by atoms with van der Waals surface area (Å²) in [4.78, 5) is 15.4. The Hall–Kier alpha value is -2.75. The molecule has 1 aromatic heterocycles. The lowest BCUT2D eigenvalue weighted by molar-refractivity contribution is 0.0803. The van der Waals surface area contributed by atoms with Crippen LogP contribution in [0.5, 0.6) is 11.5 Å². The number of aromatic nitrogens is 2. The molecule has 3 heterocycles. The molecule has 0 saturated carbocycles. The predicted molar refractivity (Wildman–Crippen MR) is 131 cm³/mol. The van der Waals surface area contributed by atoms with Crippen LogP contribution in [-0.2, 0) is 6.67 Å². The Kier molecular flexibility index (Phi) is 6.43. The average molecular weight is 483 g/mol. The van der Waals surface area contributed by atoms with Crippen LogP contribution in [-0.4, -0.2) is 46.8 Å². The molecule has 2 aliphatic heterocycles. The highest BCUT2D eigenvalue weighted by molar-refractivity contribution is 7.73. The van der Waals surface area contributed by atoms with E-state index in [1.54, 1.807) is 0 Å². The van der Waals surface area contributed by atoms with Gasteiger partial charge in [0.25, 0.3) is 0 Å². The van der Waals surface area contributed by atoms with Crippen LogP contribution in [0.2, 0.25) is 0 Å². The third-order valence-electron chi connectivity index (χ3n) is 5.99. The molecular weight excluding hydrogens is 456 g/mol. The maximum atomic E-state index is 13.0. The largest absolute Gasteiger partial charge is 0.486 e. The van der Waals surface area contributed by atoms with Crippen molar-refractivity contribution in [3.05, 3.63) is 57.5 Å². The van der Waals surface area contributed by atoms with Crippen LogP contribution in [0.4, 0.5) is 10.8 Å². The number of anilines is 2. The number of carbonyl (C=O) groups excluding carboxylic acids is 1. The van der Waals surface area contributed by atoms with Gasteiger partial charge in [-0.3, -0.25) is 9.69 Å². The number of carbonyl (C=O) groups is 1. The van der Waals surface area contributed by atoms with Gasteiger partial charge in [0.15, 0.2) is 21.2 Å². The van der Waals surface area contributed by atoms with Crippen molar-refractivity contribution in [2.75, 3.05) is 31.6 Å². The van der Waals surface area contributed by atoms with E-state index in [0.29, 0.717) is 36.9 Å². The minimum absolute atomic E-state index is 0.0192. The van der Waals surface area contributed by atoms with E-state index in [9.17, 15) is 4.79 Å². The topological polar surface area (TPSA) is 68.6 Å². The number of fused-ring (bicyclic) bond motifs is 1. The number of benzene rings is 2. The van der Waals surface area contributed by atoms with E-state index >= 15 is 0 Å². The predicted octanol–water partition coefficient (Wildman–Crippen LogP) is 5.05. The zero-order chi connectivity index (χ0) is 22.8. The molecule has 172 valence electrons. The number of ketones is 1. The molecule has 0 bridgehead atoms. The fraction of sp³-hybridized carbons (Fsp3) is 0.375. The van der Waals surface area contributed by atoms with Gasteiger partial charge in [-0.05, 0) is 67.9 Å². The second-order valence-corrected chi connectivity index (χ2v) is 10.0. The van der Waals surface area contributed by atoms with Crippen molar-refractivity contribution in [1.82, 2.24) is 14.7 Å². The van der Waals surface area contributed by atoms with E-state index in [2.05, 4.69) is 34.4 Å². The summed E-state index contributed by atoms with van der Waals surface area (Å²) < 4.78 is 13.8. The Balaban J connectivity index is 1.17. The van der Waals surface area contributed by atoms with Crippen LogP contribution in [0.1, 0.15) is 28.8 Å². The molecule has 3 aromatic rings. The number of ether oxygens (including phenoxy) is 2. The number of likely N-dealkylation sites (tertiary alicyclic amines) is 1. The quantitative estimate of drug-likeness (QED) is 0.389. The van der Waals surface area contributed by atoms with E-state index < -0.39 is 0 Å². The van der Waals surface area contributed by atoms with Crippen molar-refractivity contribution in [3.8, 4) is 11.5 Å². The van der Waals surface area contributed by atoms with Crippen molar-refractivity contribution in [1.29, 1.82) is 0 Å². The van der Waals surface area contributed by atoms with E-state index in [-0.39, 0.29) is 11.7 Å². The summed E-state index contributed by atoms with van der Waals surface area (Å²) in [7, 11) is 0. The lowest BCUT2D eigenvalue weighted by Crippen LogP contribution is -2.37. The van der Waals surface area contributed by atoms with Crippen LogP contribution in [0, 0.1) is 16.8 Å². The van der Waals surface area contributed by atoms with Gasteiger partial charge in [0.2, 0.25) is 5.13 Å². The molecule has 33 heavy (non-hydrogen) atoms. The van der Waals surface area contributed by atoms with Gasteiger partial charge in [0.1, 0.15) is 13.2 Å². The van der Waals surface area contributed by atoms with Crippen molar-refractivity contribution in [2.24, 2.45) is 5.92 Å². The second kappa shape index (κ2) is 9.62. The van der Waals surface area contributed by atoms with Crippen LogP contribution in [0.15, 0.2) is 42.5 Å². The molecule has 9 heteroatoms. The Morgan fingerprint density at radius 2 is 1.94 bits per heavy atom. The van der Waals surface area contributed by atoms with Gasteiger partial charge in [0, 0.05) is 30.3 Å². The van der Waals surface area contributed by atoms with Gasteiger partial charge >= 0.3 is 0 Å². The number of nitrogens with zero attached hydrogens (tertiary/aromatic N) is 3. The Morgan fingerprint density at radius 1 is 1.15 bits per heavy atom.